The minimum Gasteiger partial charge on any atom is -0.480 e. The molecule has 0 aliphatic carbocycles. The molecule has 2 saturated heterocycles. The highest BCUT2D eigenvalue weighted by molar-refractivity contribution is 6.00. The van der Waals surface area contributed by atoms with Gasteiger partial charge in [-0.2, -0.15) is 0 Å². The van der Waals surface area contributed by atoms with E-state index in [9.17, 15) is 24.6 Å². The number of aliphatic carboxylic acids is 2. The zero-order chi connectivity index (χ0) is 26.8. The van der Waals surface area contributed by atoms with Crippen molar-refractivity contribution in [2.24, 2.45) is 5.73 Å². The van der Waals surface area contributed by atoms with Crippen LogP contribution in [0.2, 0.25) is 0 Å². The summed E-state index contributed by atoms with van der Waals surface area (Å²) in [5.74, 6) is -5.62. The lowest BCUT2D eigenvalue weighted by atomic mass is 9.87. The number of likely N-dealkylation sites (tertiary alicyclic amines) is 1. The van der Waals surface area contributed by atoms with Gasteiger partial charge in [-0.15, -0.1) is 0 Å². The van der Waals surface area contributed by atoms with E-state index in [-0.39, 0.29) is 35.9 Å². The van der Waals surface area contributed by atoms with Crippen LogP contribution in [-0.2, 0) is 20.9 Å². The highest BCUT2D eigenvalue weighted by Gasteiger charge is 2.46. The number of hydrogen-bond acceptors (Lipinski definition) is 7. The van der Waals surface area contributed by atoms with Gasteiger partial charge in [0, 0.05) is 42.5 Å². The summed E-state index contributed by atoms with van der Waals surface area (Å²) in [6, 6.07) is 2.34. The van der Waals surface area contributed by atoms with Gasteiger partial charge >= 0.3 is 18.0 Å². The highest BCUT2D eigenvalue weighted by Crippen LogP contribution is 2.41. The third kappa shape index (κ3) is 5.89. The van der Waals surface area contributed by atoms with Crippen LogP contribution in [-0.4, -0.2) is 76.5 Å². The summed E-state index contributed by atoms with van der Waals surface area (Å²) >= 11 is 0. The molecule has 11 heteroatoms. The lowest BCUT2D eigenvalue weighted by molar-refractivity contribution is -0.150. The summed E-state index contributed by atoms with van der Waals surface area (Å²) in [7, 11) is 0. The number of piperidine rings is 1. The molecule has 1 amide bonds. The van der Waals surface area contributed by atoms with E-state index in [0.717, 1.165) is 0 Å². The second-order valence-corrected chi connectivity index (χ2v) is 10.8. The van der Waals surface area contributed by atoms with E-state index < -0.39 is 40.9 Å². The largest absolute Gasteiger partial charge is 0.480 e. The maximum Gasteiger partial charge on any atom is 0.410 e. The Labute approximate surface area is 210 Å². The van der Waals surface area contributed by atoms with Crippen LogP contribution in [0.15, 0.2) is 12.1 Å². The van der Waals surface area contributed by atoms with Crippen LogP contribution in [0.25, 0.3) is 0 Å². The topological polar surface area (TPSA) is 145 Å². The van der Waals surface area contributed by atoms with Crippen LogP contribution < -0.4 is 16.0 Å². The van der Waals surface area contributed by atoms with Gasteiger partial charge < -0.3 is 35.8 Å². The number of carboxylic acid groups (broad SMARTS) is 2. The van der Waals surface area contributed by atoms with Gasteiger partial charge in [0.1, 0.15) is 11.4 Å². The molecule has 2 heterocycles. The predicted octanol–water partition coefficient (Wildman–Crippen LogP) is 2.50. The van der Waals surface area contributed by atoms with Crippen molar-refractivity contribution >= 4 is 23.7 Å². The van der Waals surface area contributed by atoms with Crippen LogP contribution in [0.3, 0.4) is 0 Å². The summed E-state index contributed by atoms with van der Waals surface area (Å²) in [5.41, 5.74) is 4.52. The molecule has 10 nitrogen and oxygen atoms in total. The van der Waals surface area contributed by atoms with Crippen molar-refractivity contribution in [1.29, 1.82) is 0 Å². The molecule has 36 heavy (non-hydrogen) atoms. The van der Waals surface area contributed by atoms with Crippen molar-refractivity contribution in [3.05, 3.63) is 29.1 Å². The number of nitrogens with one attached hydrogen (secondary N) is 1. The second-order valence-electron chi connectivity index (χ2n) is 10.8. The summed E-state index contributed by atoms with van der Waals surface area (Å²) in [5, 5.41) is 22.9. The smallest absolute Gasteiger partial charge is 0.410 e. The van der Waals surface area contributed by atoms with Crippen LogP contribution in [0, 0.1) is 5.82 Å². The number of carboxylic acids is 2. The Morgan fingerprint density at radius 2 is 1.86 bits per heavy atom. The van der Waals surface area contributed by atoms with Gasteiger partial charge in [-0.3, -0.25) is 9.59 Å². The van der Waals surface area contributed by atoms with Crippen LogP contribution >= 0.6 is 0 Å². The number of ether oxygens (including phenoxy) is 1. The molecule has 3 rings (SSSR count). The van der Waals surface area contributed by atoms with E-state index in [4.69, 9.17) is 10.5 Å². The summed E-state index contributed by atoms with van der Waals surface area (Å²) in [6.07, 6.45) is 1.43. The van der Waals surface area contributed by atoms with Gasteiger partial charge in [0.15, 0.2) is 5.92 Å². The Hall–Kier alpha value is -2.92. The standard InChI is InChI=1S/C25H37FN4O6/c1-24(2,3)36-23(35)29-10-7-25(4,14-29)30(16-5-8-28-9-6-16)19-12-18(26)15(13-27)11-17(19)20(21(31)32)22(33)34/h11-12,16,20,28H,5-10,13-14,27H2,1-4H3,(H,31,32)(H,33,34). The van der Waals surface area contributed by atoms with E-state index in [2.05, 4.69) is 5.32 Å². The molecule has 2 fully saturated rings. The molecular formula is C25H37FN4O6. The summed E-state index contributed by atoms with van der Waals surface area (Å²) < 4.78 is 20.7. The average Bonchev–Trinajstić information content (AvgIpc) is 3.17. The zero-order valence-electron chi connectivity index (χ0n) is 21.3. The Bertz CT molecular complexity index is 993. The number of carbonyl (C=O) groups is 3. The average molecular weight is 509 g/mol. The molecule has 0 radical (unpaired) electrons. The van der Waals surface area contributed by atoms with Crippen molar-refractivity contribution in [3.8, 4) is 0 Å². The van der Waals surface area contributed by atoms with Gasteiger partial charge in [0.2, 0.25) is 0 Å². The van der Waals surface area contributed by atoms with Crippen LogP contribution in [0.4, 0.5) is 14.9 Å². The number of anilines is 1. The third-order valence-corrected chi connectivity index (χ3v) is 6.84. The van der Waals surface area contributed by atoms with Gasteiger partial charge in [0.05, 0.1) is 5.54 Å². The molecule has 1 unspecified atom stereocenters. The molecule has 0 saturated carbocycles. The molecular weight excluding hydrogens is 471 g/mol. The van der Waals surface area contributed by atoms with Crippen molar-refractivity contribution < 1.29 is 33.7 Å². The minimum absolute atomic E-state index is 0.0210. The molecule has 0 aromatic heterocycles. The minimum atomic E-state index is -1.90. The number of nitrogens with zero attached hydrogens (tertiary/aromatic N) is 2. The first-order valence-electron chi connectivity index (χ1n) is 12.2. The number of hydrogen-bond donors (Lipinski definition) is 4. The van der Waals surface area contributed by atoms with Gasteiger partial charge in [0.25, 0.3) is 0 Å². The molecule has 1 aromatic carbocycles. The molecule has 0 spiro atoms. The Morgan fingerprint density at radius 3 is 2.39 bits per heavy atom. The fraction of sp³-hybridized carbons (Fsp3) is 0.640. The first-order valence-corrected chi connectivity index (χ1v) is 12.2. The first-order chi connectivity index (χ1) is 16.8. The van der Waals surface area contributed by atoms with Crippen molar-refractivity contribution in [1.82, 2.24) is 10.2 Å². The molecule has 2 aliphatic heterocycles. The molecule has 200 valence electrons. The van der Waals surface area contributed by atoms with Gasteiger partial charge in [-0.25, -0.2) is 9.18 Å². The van der Waals surface area contributed by atoms with Gasteiger partial charge in [-0.1, -0.05) is 0 Å². The molecule has 0 bridgehead atoms. The number of benzene rings is 1. The number of nitrogens with two attached hydrogens (primary N) is 1. The monoisotopic (exact) mass is 508 g/mol. The predicted molar refractivity (Wildman–Crippen MR) is 132 cm³/mol. The van der Waals surface area contributed by atoms with E-state index >= 15 is 4.39 Å². The molecule has 1 atom stereocenters. The SMILES string of the molecule is CC(C)(C)OC(=O)N1CCC(C)(N(c2cc(F)c(CN)cc2C(C(=O)O)C(=O)O)C2CCNCC2)C1. The number of halogens is 1. The quantitative estimate of drug-likeness (QED) is 0.408. The molecule has 2 aliphatic rings. The second kappa shape index (κ2) is 10.6. The lowest BCUT2D eigenvalue weighted by Gasteiger charge is -2.48. The molecule has 1 aromatic rings. The van der Waals surface area contributed by atoms with Crippen molar-refractivity contribution in [2.75, 3.05) is 31.1 Å². The fourth-order valence-corrected chi connectivity index (χ4v) is 5.21. The van der Waals surface area contributed by atoms with Crippen LogP contribution in [0.5, 0.6) is 0 Å². The van der Waals surface area contributed by atoms with Crippen molar-refractivity contribution in [3.63, 3.8) is 0 Å². The highest BCUT2D eigenvalue weighted by atomic mass is 19.1. The Morgan fingerprint density at radius 1 is 1.25 bits per heavy atom. The normalized spacial score (nSPS) is 21.0. The van der Waals surface area contributed by atoms with Gasteiger partial charge in [-0.05, 0) is 72.2 Å². The van der Waals surface area contributed by atoms with Crippen molar-refractivity contribution in [2.45, 2.75) is 76.6 Å². The number of amides is 1. The summed E-state index contributed by atoms with van der Waals surface area (Å²) in [6.45, 7) is 9.15. The maximum absolute atomic E-state index is 15.1. The Balaban J connectivity index is 2.13. The van der Waals surface area contributed by atoms with E-state index in [1.807, 2.05) is 11.8 Å². The zero-order valence-corrected chi connectivity index (χ0v) is 21.3. The first kappa shape index (κ1) is 27.7. The lowest BCUT2D eigenvalue weighted by Crippen LogP contribution is -2.57. The maximum atomic E-state index is 15.1. The number of rotatable bonds is 7. The summed E-state index contributed by atoms with van der Waals surface area (Å²) in [4.78, 5) is 40.5. The fourth-order valence-electron chi connectivity index (χ4n) is 5.21. The van der Waals surface area contributed by atoms with Crippen LogP contribution in [0.1, 0.15) is 64.0 Å². The number of carbonyl (C=O) groups excluding carboxylic acids is 1. The van der Waals surface area contributed by atoms with E-state index in [0.29, 0.717) is 38.9 Å². The third-order valence-electron chi connectivity index (χ3n) is 6.84. The molecule has 5 N–H and O–H groups in total. The Kier molecular flexibility index (Phi) is 8.14. The van der Waals surface area contributed by atoms with E-state index in [1.165, 1.54) is 12.1 Å². The van der Waals surface area contributed by atoms with E-state index in [1.54, 1.807) is 25.7 Å².